The Kier molecular flexibility index (Phi) is 3.47. The predicted molar refractivity (Wildman–Crippen MR) is 61.0 cm³/mol. The second-order valence-electron chi connectivity index (χ2n) is 3.04. The Bertz CT molecular complexity index is 404. The van der Waals surface area contributed by atoms with E-state index in [1.54, 1.807) is 0 Å². The zero-order chi connectivity index (χ0) is 11.6. The third-order valence-corrected chi connectivity index (χ3v) is 2.64. The van der Waals surface area contributed by atoms with Crippen molar-refractivity contribution in [1.29, 1.82) is 0 Å². The average Bonchev–Trinajstić information content (AvgIpc) is 2.21. The molecule has 0 bridgehead atoms. The number of nitrogen functional groups attached to an aromatic ring is 1. The van der Waals surface area contributed by atoms with Gasteiger partial charge in [-0.2, -0.15) is 0 Å². The van der Waals surface area contributed by atoms with Crippen molar-refractivity contribution in [1.82, 2.24) is 0 Å². The van der Waals surface area contributed by atoms with Crippen molar-refractivity contribution in [3.05, 3.63) is 17.2 Å². The summed E-state index contributed by atoms with van der Waals surface area (Å²) in [7, 11) is 1.40. The Balaban J connectivity index is 3.51. The molecule has 0 aromatic heterocycles. The lowest BCUT2D eigenvalue weighted by molar-refractivity contribution is 0.0692. The normalized spacial score (nSPS) is 10.1. The van der Waals surface area contributed by atoms with Gasteiger partial charge >= 0.3 is 5.97 Å². The lowest BCUT2D eigenvalue weighted by atomic mass is 10.1. The minimum atomic E-state index is -1.04. The molecular weight excluding hydrogens is 214 g/mol. The Labute approximate surface area is 93.5 Å². The van der Waals surface area contributed by atoms with E-state index in [-0.39, 0.29) is 11.3 Å². The molecule has 0 aliphatic carbocycles. The molecule has 4 nitrogen and oxygen atoms in total. The number of carboxylic acids is 1. The lowest BCUT2D eigenvalue weighted by Crippen LogP contribution is -2.06. The van der Waals surface area contributed by atoms with Crippen molar-refractivity contribution in [3.8, 4) is 5.75 Å². The second kappa shape index (κ2) is 4.44. The summed E-state index contributed by atoms with van der Waals surface area (Å²) in [5.74, 6) is -0.836. The molecule has 0 saturated carbocycles. The standard InChI is InChI=1S/C10H13NO3S/c1-3-5-4-6(10(12)13)8(14-2)9(15)7(5)11/h4,15H,3,11H2,1-2H3,(H,12,13). The first kappa shape index (κ1) is 11.7. The van der Waals surface area contributed by atoms with Gasteiger partial charge < -0.3 is 15.6 Å². The maximum absolute atomic E-state index is 11.0. The summed E-state index contributed by atoms with van der Waals surface area (Å²) in [6.07, 6.45) is 0.656. The maximum Gasteiger partial charge on any atom is 0.339 e. The zero-order valence-corrected chi connectivity index (χ0v) is 9.47. The van der Waals surface area contributed by atoms with Gasteiger partial charge in [0.05, 0.1) is 17.7 Å². The third kappa shape index (κ3) is 2.02. The average molecular weight is 227 g/mol. The van der Waals surface area contributed by atoms with Gasteiger partial charge in [-0.1, -0.05) is 6.92 Å². The molecule has 82 valence electrons. The van der Waals surface area contributed by atoms with Crippen LogP contribution < -0.4 is 10.5 Å². The molecule has 1 aromatic carbocycles. The Morgan fingerprint density at radius 1 is 1.67 bits per heavy atom. The van der Waals surface area contributed by atoms with E-state index < -0.39 is 5.97 Å². The van der Waals surface area contributed by atoms with Crippen LogP contribution in [0.15, 0.2) is 11.0 Å². The molecule has 0 saturated heterocycles. The predicted octanol–water partition coefficient (Wildman–Crippen LogP) is 1.83. The van der Waals surface area contributed by atoms with Gasteiger partial charge in [-0.25, -0.2) is 4.79 Å². The van der Waals surface area contributed by atoms with E-state index >= 15 is 0 Å². The maximum atomic E-state index is 11.0. The van der Waals surface area contributed by atoms with Gasteiger partial charge in [0.1, 0.15) is 11.3 Å². The van der Waals surface area contributed by atoms with Crippen LogP contribution in [0.1, 0.15) is 22.8 Å². The monoisotopic (exact) mass is 227 g/mol. The Morgan fingerprint density at radius 2 is 2.27 bits per heavy atom. The highest BCUT2D eigenvalue weighted by Crippen LogP contribution is 2.35. The van der Waals surface area contributed by atoms with E-state index in [9.17, 15) is 4.79 Å². The zero-order valence-electron chi connectivity index (χ0n) is 8.57. The number of anilines is 1. The summed E-state index contributed by atoms with van der Waals surface area (Å²) in [5, 5.41) is 8.98. The summed E-state index contributed by atoms with van der Waals surface area (Å²) < 4.78 is 4.98. The number of carboxylic acid groups (broad SMARTS) is 1. The van der Waals surface area contributed by atoms with Crippen LogP contribution in [0.2, 0.25) is 0 Å². The van der Waals surface area contributed by atoms with Crippen molar-refractivity contribution >= 4 is 24.3 Å². The van der Waals surface area contributed by atoms with Crippen molar-refractivity contribution in [3.63, 3.8) is 0 Å². The first-order chi connectivity index (χ1) is 7.02. The molecule has 0 unspecified atom stereocenters. The van der Waals surface area contributed by atoms with E-state index in [2.05, 4.69) is 12.6 Å². The van der Waals surface area contributed by atoms with Gasteiger partial charge in [0.25, 0.3) is 0 Å². The van der Waals surface area contributed by atoms with Gasteiger partial charge in [-0.05, 0) is 18.1 Å². The van der Waals surface area contributed by atoms with Crippen LogP contribution in [0, 0.1) is 0 Å². The number of methoxy groups -OCH3 is 1. The first-order valence-electron chi connectivity index (χ1n) is 4.44. The summed E-state index contributed by atoms with van der Waals surface area (Å²) in [6, 6.07) is 1.52. The van der Waals surface area contributed by atoms with Crippen LogP contribution in [0.25, 0.3) is 0 Å². The number of nitrogens with two attached hydrogens (primary N) is 1. The molecule has 0 aliphatic heterocycles. The second-order valence-corrected chi connectivity index (χ2v) is 3.48. The molecule has 1 rings (SSSR count). The summed E-state index contributed by atoms with van der Waals surface area (Å²) in [4.78, 5) is 11.3. The molecule has 0 heterocycles. The van der Waals surface area contributed by atoms with Crippen molar-refractivity contribution in [2.75, 3.05) is 12.8 Å². The topological polar surface area (TPSA) is 72.5 Å². The first-order valence-corrected chi connectivity index (χ1v) is 4.89. The molecule has 0 spiro atoms. The largest absolute Gasteiger partial charge is 0.495 e. The van der Waals surface area contributed by atoms with Crippen LogP contribution >= 0.6 is 12.6 Å². The van der Waals surface area contributed by atoms with Gasteiger partial charge in [-0.15, -0.1) is 12.6 Å². The Morgan fingerprint density at radius 3 is 2.67 bits per heavy atom. The minimum Gasteiger partial charge on any atom is -0.495 e. The van der Waals surface area contributed by atoms with E-state index in [0.717, 1.165) is 5.56 Å². The summed E-state index contributed by atoms with van der Waals surface area (Å²) >= 11 is 4.17. The highest BCUT2D eigenvalue weighted by atomic mass is 32.1. The quantitative estimate of drug-likeness (QED) is 0.544. The molecule has 15 heavy (non-hydrogen) atoms. The van der Waals surface area contributed by atoms with Crippen molar-refractivity contribution < 1.29 is 14.6 Å². The lowest BCUT2D eigenvalue weighted by Gasteiger charge is -2.13. The molecule has 0 fully saturated rings. The van der Waals surface area contributed by atoms with E-state index in [1.807, 2.05) is 6.92 Å². The number of aromatic carboxylic acids is 1. The fourth-order valence-corrected chi connectivity index (χ4v) is 1.73. The van der Waals surface area contributed by atoms with Crippen LogP contribution in [0.4, 0.5) is 5.69 Å². The highest BCUT2D eigenvalue weighted by molar-refractivity contribution is 7.80. The number of rotatable bonds is 3. The fourth-order valence-electron chi connectivity index (χ4n) is 1.38. The number of aryl methyl sites for hydroxylation is 1. The number of carbonyl (C=O) groups is 1. The molecule has 5 heteroatoms. The van der Waals surface area contributed by atoms with E-state index in [0.29, 0.717) is 17.0 Å². The molecule has 3 N–H and O–H groups in total. The smallest absolute Gasteiger partial charge is 0.339 e. The van der Waals surface area contributed by atoms with Crippen LogP contribution in [-0.4, -0.2) is 18.2 Å². The molecule has 0 aliphatic rings. The van der Waals surface area contributed by atoms with Gasteiger partial charge in [0.2, 0.25) is 0 Å². The Hall–Kier alpha value is -1.36. The highest BCUT2D eigenvalue weighted by Gasteiger charge is 2.18. The number of hydrogen-bond donors (Lipinski definition) is 3. The SMILES string of the molecule is CCc1cc(C(=O)O)c(OC)c(S)c1N. The van der Waals surface area contributed by atoms with Crippen molar-refractivity contribution in [2.45, 2.75) is 18.2 Å². The van der Waals surface area contributed by atoms with Gasteiger partial charge in [0.15, 0.2) is 0 Å². The molecular formula is C10H13NO3S. The van der Waals surface area contributed by atoms with E-state index in [4.69, 9.17) is 15.6 Å². The number of ether oxygens (including phenoxy) is 1. The fraction of sp³-hybridized carbons (Fsp3) is 0.300. The summed E-state index contributed by atoms with van der Waals surface area (Å²) in [5.41, 5.74) is 7.12. The van der Waals surface area contributed by atoms with E-state index in [1.165, 1.54) is 13.2 Å². The van der Waals surface area contributed by atoms with Crippen LogP contribution in [0.5, 0.6) is 5.75 Å². The van der Waals surface area contributed by atoms with Gasteiger partial charge in [-0.3, -0.25) is 0 Å². The number of thiol groups is 1. The third-order valence-electron chi connectivity index (χ3n) is 2.19. The summed E-state index contributed by atoms with van der Waals surface area (Å²) in [6.45, 7) is 1.90. The number of hydrogen-bond acceptors (Lipinski definition) is 4. The van der Waals surface area contributed by atoms with Gasteiger partial charge in [0, 0.05) is 0 Å². The molecule has 0 atom stereocenters. The van der Waals surface area contributed by atoms with Crippen molar-refractivity contribution in [2.24, 2.45) is 0 Å². The molecule has 0 amide bonds. The van der Waals surface area contributed by atoms with Crippen LogP contribution in [-0.2, 0) is 6.42 Å². The molecule has 1 aromatic rings. The van der Waals surface area contributed by atoms with Crippen LogP contribution in [0.3, 0.4) is 0 Å². The minimum absolute atomic E-state index is 0.0913. The number of benzene rings is 1. The molecule has 0 radical (unpaired) electrons.